The quantitative estimate of drug-likeness (QED) is 0.801. The first-order chi connectivity index (χ1) is 9.04. The predicted octanol–water partition coefficient (Wildman–Crippen LogP) is 4.04. The number of aryl methyl sites for hydroxylation is 1. The Morgan fingerprint density at radius 1 is 1.21 bits per heavy atom. The molecule has 0 amide bonds. The average molecular weight is 266 g/mol. The fraction of sp³-hybridized carbons (Fsp3) is 0.625. The van der Waals surface area contributed by atoms with E-state index in [2.05, 4.69) is 37.9 Å². The van der Waals surface area contributed by atoms with Crippen LogP contribution in [0.1, 0.15) is 51.3 Å². The van der Waals surface area contributed by atoms with Crippen LogP contribution in [0.4, 0.5) is 10.1 Å². The van der Waals surface area contributed by atoms with Gasteiger partial charge in [0.15, 0.2) is 0 Å². The van der Waals surface area contributed by atoms with Crippen LogP contribution in [0.3, 0.4) is 0 Å². The molecule has 1 aromatic carbocycles. The van der Waals surface area contributed by atoms with Crippen molar-refractivity contribution < 1.29 is 4.39 Å². The van der Waals surface area contributed by atoms with Crippen LogP contribution >= 0.6 is 0 Å². The molecule has 0 fully saturated rings. The van der Waals surface area contributed by atoms with Crippen molar-refractivity contribution in [2.75, 3.05) is 24.5 Å². The normalized spacial score (nSPS) is 12.5. The lowest BCUT2D eigenvalue weighted by atomic mass is 10.0. The van der Waals surface area contributed by atoms with E-state index in [1.54, 1.807) is 6.07 Å². The third-order valence-electron chi connectivity index (χ3n) is 3.58. The van der Waals surface area contributed by atoms with Crippen LogP contribution in [-0.2, 0) is 0 Å². The SMILES string of the molecule is CCCNC(C)c1cc(F)c(C)cc1N(CC)CC. The van der Waals surface area contributed by atoms with Gasteiger partial charge in [0.1, 0.15) is 5.82 Å². The molecule has 108 valence electrons. The zero-order chi connectivity index (χ0) is 14.4. The molecule has 1 atom stereocenters. The Balaban J connectivity index is 3.15. The fourth-order valence-corrected chi connectivity index (χ4v) is 2.34. The van der Waals surface area contributed by atoms with Gasteiger partial charge in [-0.1, -0.05) is 6.92 Å². The maximum absolute atomic E-state index is 13.9. The molecule has 0 aliphatic rings. The number of hydrogen-bond donors (Lipinski definition) is 1. The Morgan fingerprint density at radius 3 is 2.37 bits per heavy atom. The smallest absolute Gasteiger partial charge is 0.126 e. The first kappa shape index (κ1) is 16.0. The van der Waals surface area contributed by atoms with E-state index in [-0.39, 0.29) is 11.9 Å². The summed E-state index contributed by atoms with van der Waals surface area (Å²) in [5.41, 5.74) is 2.92. The Morgan fingerprint density at radius 2 is 1.84 bits per heavy atom. The summed E-state index contributed by atoms with van der Waals surface area (Å²) < 4.78 is 13.9. The first-order valence-corrected chi connectivity index (χ1v) is 7.33. The lowest BCUT2D eigenvalue weighted by Crippen LogP contribution is -2.27. The summed E-state index contributed by atoms with van der Waals surface area (Å²) in [7, 11) is 0. The highest BCUT2D eigenvalue weighted by Crippen LogP contribution is 2.29. The number of benzene rings is 1. The second-order valence-corrected chi connectivity index (χ2v) is 5.01. The molecular weight excluding hydrogens is 239 g/mol. The zero-order valence-corrected chi connectivity index (χ0v) is 12.9. The number of nitrogens with one attached hydrogen (secondary N) is 1. The van der Waals surface area contributed by atoms with Crippen LogP contribution in [0.5, 0.6) is 0 Å². The van der Waals surface area contributed by atoms with E-state index < -0.39 is 0 Å². The van der Waals surface area contributed by atoms with Crippen molar-refractivity contribution >= 4 is 5.69 Å². The minimum Gasteiger partial charge on any atom is -0.372 e. The largest absolute Gasteiger partial charge is 0.372 e. The molecule has 0 saturated heterocycles. The van der Waals surface area contributed by atoms with Gasteiger partial charge >= 0.3 is 0 Å². The summed E-state index contributed by atoms with van der Waals surface area (Å²) in [6, 6.07) is 3.84. The van der Waals surface area contributed by atoms with Crippen LogP contribution in [0.25, 0.3) is 0 Å². The number of nitrogens with zero attached hydrogens (tertiary/aromatic N) is 1. The number of anilines is 1. The third kappa shape index (κ3) is 3.93. The van der Waals surface area contributed by atoms with E-state index in [4.69, 9.17) is 0 Å². The molecule has 0 aliphatic heterocycles. The highest BCUT2D eigenvalue weighted by atomic mass is 19.1. The van der Waals surface area contributed by atoms with Crippen LogP contribution < -0.4 is 10.2 Å². The third-order valence-corrected chi connectivity index (χ3v) is 3.58. The van der Waals surface area contributed by atoms with Gasteiger partial charge in [0.25, 0.3) is 0 Å². The van der Waals surface area contributed by atoms with Crippen molar-refractivity contribution in [3.8, 4) is 0 Å². The van der Waals surface area contributed by atoms with Crippen molar-refractivity contribution in [1.29, 1.82) is 0 Å². The molecule has 1 rings (SSSR count). The molecule has 0 heterocycles. The van der Waals surface area contributed by atoms with Crippen LogP contribution in [0.2, 0.25) is 0 Å². The molecule has 0 aromatic heterocycles. The number of rotatable bonds is 7. The highest BCUT2D eigenvalue weighted by Gasteiger charge is 2.16. The van der Waals surface area contributed by atoms with E-state index in [0.29, 0.717) is 5.56 Å². The topological polar surface area (TPSA) is 15.3 Å². The van der Waals surface area contributed by atoms with Crippen LogP contribution in [-0.4, -0.2) is 19.6 Å². The molecule has 3 heteroatoms. The zero-order valence-electron chi connectivity index (χ0n) is 12.9. The average Bonchev–Trinajstić information content (AvgIpc) is 2.41. The molecule has 1 aromatic rings. The first-order valence-electron chi connectivity index (χ1n) is 7.33. The lowest BCUT2D eigenvalue weighted by molar-refractivity contribution is 0.559. The van der Waals surface area contributed by atoms with Gasteiger partial charge in [0.05, 0.1) is 0 Å². The molecule has 0 bridgehead atoms. The van der Waals surface area contributed by atoms with Crippen molar-refractivity contribution in [2.24, 2.45) is 0 Å². The van der Waals surface area contributed by atoms with Crippen molar-refractivity contribution in [3.05, 3.63) is 29.1 Å². The van der Waals surface area contributed by atoms with E-state index in [9.17, 15) is 4.39 Å². The van der Waals surface area contributed by atoms with E-state index in [0.717, 1.165) is 37.3 Å². The monoisotopic (exact) mass is 266 g/mol. The Bertz CT molecular complexity index is 400. The minimum absolute atomic E-state index is 0.115. The van der Waals surface area contributed by atoms with Crippen molar-refractivity contribution in [1.82, 2.24) is 5.32 Å². The summed E-state index contributed by atoms with van der Waals surface area (Å²) in [6.07, 6.45) is 1.08. The van der Waals surface area contributed by atoms with E-state index >= 15 is 0 Å². The Labute approximate surface area is 117 Å². The van der Waals surface area contributed by atoms with Gasteiger partial charge in [0, 0.05) is 24.8 Å². The predicted molar refractivity (Wildman–Crippen MR) is 81.4 cm³/mol. The maximum Gasteiger partial charge on any atom is 0.126 e. The molecule has 0 spiro atoms. The van der Waals surface area contributed by atoms with E-state index in [1.807, 2.05) is 13.0 Å². The van der Waals surface area contributed by atoms with Gasteiger partial charge in [-0.25, -0.2) is 4.39 Å². The molecule has 1 unspecified atom stereocenters. The molecule has 1 N–H and O–H groups in total. The molecule has 2 nitrogen and oxygen atoms in total. The second-order valence-electron chi connectivity index (χ2n) is 5.01. The van der Waals surface area contributed by atoms with Crippen molar-refractivity contribution in [3.63, 3.8) is 0 Å². The molecule has 0 aliphatic carbocycles. The fourth-order valence-electron chi connectivity index (χ4n) is 2.34. The molecule has 0 saturated carbocycles. The van der Waals surface area contributed by atoms with Gasteiger partial charge in [-0.3, -0.25) is 0 Å². The van der Waals surface area contributed by atoms with Gasteiger partial charge in [0.2, 0.25) is 0 Å². The lowest BCUT2D eigenvalue weighted by Gasteiger charge is -2.27. The van der Waals surface area contributed by atoms with Gasteiger partial charge < -0.3 is 10.2 Å². The highest BCUT2D eigenvalue weighted by molar-refractivity contribution is 5.57. The van der Waals surface area contributed by atoms with Crippen LogP contribution in [0.15, 0.2) is 12.1 Å². The Kier molecular flexibility index (Phi) is 6.29. The molecule has 19 heavy (non-hydrogen) atoms. The summed E-state index contributed by atoms with van der Waals surface area (Å²) in [4.78, 5) is 2.28. The second kappa shape index (κ2) is 7.49. The summed E-state index contributed by atoms with van der Waals surface area (Å²) in [5, 5.41) is 3.45. The van der Waals surface area contributed by atoms with E-state index in [1.165, 1.54) is 0 Å². The van der Waals surface area contributed by atoms with Crippen LogP contribution in [0, 0.1) is 12.7 Å². The van der Waals surface area contributed by atoms with Gasteiger partial charge in [-0.15, -0.1) is 0 Å². The summed E-state index contributed by atoms with van der Waals surface area (Å²) in [5.74, 6) is -0.115. The Hall–Kier alpha value is -1.09. The van der Waals surface area contributed by atoms with Gasteiger partial charge in [-0.2, -0.15) is 0 Å². The minimum atomic E-state index is -0.115. The van der Waals surface area contributed by atoms with Crippen molar-refractivity contribution in [2.45, 2.75) is 47.1 Å². The molecule has 0 radical (unpaired) electrons. The summed E-state index contributed by atoms with van der Waals surface area (Å²) >= 11 is 0. The standard InChI is InChI=1S/C16H27FN2/c1-6-9-18-13(5)14-11-15(17)12(4)10-16(14)19(7-2)8-3/h10-11,13,18H,6-9H2,1-5H3. The summed E-state index contributed by atoms with van der Waals surface area (Å²) in [6.45, 7) is 13.2. The van der Waals surface area contributed by atoms with Gasteiger partial charge in [-0.05, 0) is 63.9 Å². The number of halogens is 1. The maximum atomic E-state index is 13.9. The molecular formula is C16H27FN2. The number of hydrogen-bond acceptors (Lipinski definition) is 2.